The molecule has 1 aliphatic carbocycles. The lowest BCUT2D eigenvalue weighted by Crippen LogP contribution is -2.36. The molecule has 0 aromatic heterocycles. The Morgan fingerprint density at radius 1 is 1.27 bits per heavy atom. The molecule has 26 heavy (non-hydrogen) atoms. The van der Waals surface area contributed by atoms with Crippen LogP contribution in [0.2, 0.25) is 0 Å². The van der Waals surface area contributed by atoms with Crippen LogP contribution in [-0.4, -0.2) is 51.0 Å². The Labute approximate surface area is 155 Å². The van der Waals surface area contributed by atoms with E-state index in [2.05, 4.69) is 0 Å². The lowest BCUT2D eigenvalue weighted by molar-refractivity contribution is 0.138. The molecule has 0 radical (unpaired) electrons. The summed E-state index contributed by atoms with van der Waals surface area (Å²) < 4.78 is 32.4. The molecule has 1 aromatic rings. The van der Waals surface area contributed by atoms with Crippen molar-refractivity contribution >= 4 is 16.1 Å². The van der Waals surface area contributed by atoms with Crippen LogP contribution in [0.15, 0.2) is 40.4 Å². The Morgan fingerprint density at radius 3 is 2.42 bits per heavy atom. The highest BCUT2D eigenvalue weighted by Gasteiger charge is 2.65. The molecule has 1 aromatic carbocycles. The maximum absolute atomic E-state index is 13.0. The zero-order valence-corrected chi connectivity index (χ0v) is 16.8. The number of aryl methyl sites for hydroxylation is 1. The molecule has 1 heterocycles. The largest absolute Gasteiger partial charge is 0.452 e. The van der Waals surface area contributed by atoms with E-state index in [1.54, 1.807) is 23.5 Å². The van der Waals surface area contributed by atoms with Gasteiger partial charge in [-0.2, -0.15) is 4.31 Å². The summed E-state index contributed by atoms with van der Waals surface area (Å²) in [7, 11) is -0.487. The molecule has 6 nitrogen and oxygen atoms in total. The van der Waals surface area contributed by atoms with E-state index in [1.165, 1.54) is 12.0 Å². The van der Waals surface area contributed by atoms with Crippen molar-refractivity contribution in [2.45, 2.75) is 32.1 Å². The number of nitrogens with zero attached hydrogens (tertiary/aromatic N) is 2. The smallest absolute Gasteiger partial charge is 0.413 e. The van der Waals surface area contributed by atoms with Crippen molar-refractivity contribution in [2.24, 2.45) is 11.3 Å². The fraction of sp³-hybridized carbons (Fsp3) is 0.526. The molecule has 0 bridgehead atoms. The summed E-state index contributed by atoms with van der Waals surface area (Å²) in [5.74, 6) is 0.236. The van der Waals surface area contributed by atoms with Gasteiger partial charge in [-0.05, 0) is 45.2 Å². The van der Waals surface area contributed by atoms with Crippen molar-refractivity contribution in [2.75, 3.05) is 27.2 Å². The fourth-order valence-electron chi connectivity index (χ4n) is 4.24. The number of hydrogen-bond donors (Lipinski definition) is 0. The van der Waals surface area contributed by atoms with Crippen LogP contribution in [0.25, 0.3) is 0 Å². The molecule has 2 fully saturated rings. The zero-order valence-electron chi connectivity index (χ0n) is 15.9. The number of benzene rings is 1. The van der Waals surface area contributed by atoms with E-state index in [-0.39, 0.29) is 11.3 Å². The lowest BCUT2D eigenvalue weighted by Gasteiger charge is -2.29. The van der Waals surface area contributed by atoms with Crippen LogP contribution in [0.3, 0.4) is 0 Å². The zero-order chi connectivity index (χ0) is 19.3. The van der Waals surface area contributed by atoms with Crippen LogP contribution in [0.4, 0.5) is 4.79 Å². The maximum Gasteiger partial charge on any atom is 0.413 e. The highest BCUT2D eigenvalue weighted by molar-refractivity contribution is 7.89. The van der Waals surface area contributed by atoms with Gasteiger partial charge in [-0.1, -0.05) is 23.3 Å². The molecule has 0 N–H and O–H groups in total. The quantitative estimate of drug-likeness (QED) is 0.808. The molecule has 1 saturated carbocycles. The van der Waals surface area contributed by atoms with Gasteiger partial charge in [-0.25, -0.2) is 13.2 Å². The second kappa shape index (κ2) is 6.39. The SMILES string of the molecule is COC(=O)N(C)C(=C(C)C)C12CC1CN(S(=O)(=O)c1ccc(C)cc1)C2. The predicted octanol–water partition coefficient (Wildman–Crippen LogP) is 3.00. The summed E-state index contributed by atoms with van der Waals surface area (Å²) in [6.07, 6.45) is 0.468. The van der Waals surface area contributed by atoms with Crippen LogP contribution in [0.1, 0.15) is 25.8 Å². The Morgan fingerprint density at radius 2 is 1.88 bits per heavy atom. The molecular formula is C19H26N2O4S. The minimum Gasteiger partial charge on any atom is -0.452 e. The monoisotopic (exact) mass is 378 g/mol. The number of sulfonamides is 1. The van der Waals surface area contributed by atoms with Gasteiger partial charge in [0.15, 0.2) is 0 Å². The normalized spacial score (nSPS) is 24.7. The minimum absolute atomic E-state index is 0.236. The first-order chi connectivity index (χ1) is 12.1. The van der Waals surface area contributed by atoms with E-state index >= 15 is 0 Å². The molecule has 2 aliphatic rings. The van der Waals surface area contributed by atoms with E-state index in [1.807, 2.05) is 32.9 Å². The number of piperidine rings is 1. The second-order valence-electron chi connectivity index (χ2n) is 7.55. The van der Waals surface area contributed by atoms with Crippen molar-refractivity contribution in [1.82, 2.24) is 9.21 Å². The highest BCUT2D eigenvalue weighted by Crippen LogP contribution is 2.64. The maximum atomic E-state index is 13.0. The van der Waals surface area contributed by atoms with Gasteiger partial charge in [0, 0.05) is 31.2 Å². The van der Waals surface area contributed by atoms with Crippen molar-refractivity contribution in [3.8, 4) is 0 Å². The van der Waals surface area contributed by atoms with Crippen LogP contribution in [0, 0.1) is 18.3 Å². The number of methoxy groups -OCH3 is 1. The summed E-state index contributed by atoms with van der Waals surface area (Å²) in [6.45, 7) is 6.73. The van der Waals surface area contributed by atoms with Crippen molar-refractivity contribution in [3.63, 3.8) is 0 Å². The number of hydrogen-bond acceptors (Lipinski definition) is 4. The van der Waals surface area contributed by atoms with Crippen molar-refractivity contribution < 1.29 is 17.9 Å². The number of carbonyl (C=O) groups is 1. The molecule has 2 atom stereocenters. The Bertz CT molecular complexity index is 856. The molecule has 1 aliphatic heterocycles. The fourth-order valence-corrected chi connectivity index (χ4v) is 5.80. The third-order valence-electron chi connectivity index (χ3n) is 5.50. The van der Waals surface area contributed by atoms with Crippen LogP contribution < -0.4 is 0 Å². The van der Waals surface area contributed by atoms with Crippen molar-refractivity contribution in [1.29, 1.82) is 0 Å². The van der Waals surface area contributed by atoms with Crippen LogP contribution in [0.5, 0.6) is 0 Å². The van der Waals surface area contributed by atoms with Gasteiger partial charge in [0.2, 0.25) is 10.0 Å². The first-order valence-electron chi connectivity index (χ1n) is 8.70. The van der Waals surface area contributed by atoms with E-state index in [9.17, 15) is 13.2 Å². The number of fused-ring (bicyclic) bond motifs is 1. The topological polar surface area (TPSA) is 66.9 Å². The molecule has 142 valence electrons. The van der Waals surface area contributed by atoms with Crippen molar-refractivity contribution in [3.05, 3.63) is 41.1 Å². The van der Waals surface area contributed by atoms with E-state index < -0.39 is 16.1 Å². The van der Waals surface area contributed by atoms with E-state index in [0.717, 1.165) is 23.3 Å². The third kappa shape index (κ3) is 2.93. The first-order valence-corrected chi connectivity index (χ1v) is 10.1. The summed E-state index contributed by atoms with van der Waals surface area (Å²) in [6, 6.07) is 6.94. The molecule has 0 spiro atoms. The lowest BCUT2D eigenvalue weighted by atomic mass is 9.97. The van der Waals surface area contributed by atoms with Gasteiger partial charge in [0.1, 0.15) is 0 Å². The van der Waals surface area contributed by atoms with Crippen LogP contribution in [-0.2, 0) is 14.8 Å². The average molecular weight is 378 g/mol. The number of ether oxygens (including phenoxy) is 1. The van der Waals surface area contributed by atoms with Gasteiger partial charge in [-0.15, -0.1) is 0 Å². The molecule has 3 rings (SSSR count). The van der Waals surface area contributed by atoms with Gasteiger partial charge < -0.3 is 4.74 Å². The van der Waals surface area contributed by atoms with Crippen LogP contribution >= 0.6 is 0 Å². The summed E-state index contributed by atoms with van der Waals surface area (Å²) in [4.78, 5) is 13.9. The minimum atomic E-state index is -3.53. The Balaban J connectivity index is 1.89. The number of allylic oxidation sites excluding steroid dienone is 1. The molecular weight excluding hydrogens is 352 g/mol. The summed E-state index contributed by atoms with van der Waals surface area (Å²) >= 11 is 0. The molecule has 1 saturated heterocycles. The second-order valence-corrected chi connectivity index (χ2v) is 9.48. The van der Waals surface area contributed by atoms with Gasteiger partial charge in [0.25, 0.3) is 0 Å². The van der Waals surface area contributed by atoms with E-state index in [0.29, 0.717) is 18.0 Å². The van der Waals surface area contributed by atoms with Gasteiger partial charge in [0.05, 0.1) is 12.0 Å². The molecule has 2 unspecified atom stereocenters. The average Bonchev–Trinajstić information content (AvgIpc) is 3.14. The van der Waals surface area contributed by atoms with E-state index in [4.69, 9.17) is 4.74 Å². The Kier molecular flexibility index (Phi) is 4.65. The van der Waals surface area contributed by atoms with Gasteiger partial charge in [-0.3, -0.25) is 4.90 Å². The highest BCUT2D eigenvalue weighted by atomic mass is 32.2. The number of carbonyl (C=O) groups excluding carboxylic acids is 1. The predicted molar refractivity (Wildman–Crippen MR) is 99.0 cm³/mol. The first kappa shape index (κ1) is 18.9. The summed E-state index contributed by atoms with van der Waals surface area (Å²) in [5.41, 5.74) is 2.63. The number of rotatable bonds is 4. The number of amides is 1. The standard InChI is InChI=1S/C19H26N2O4S/c1-13(2)17(20(4)18(22)25-5)19-10-15(19)11-21(12-19)26(23,24)16-8-6-14(3)7-9-16/h6-9,15H,10-12H2,1-5H3. The third-order valence-corrected chi connectivity index (χ3v) is 7.33. The summed E-state index contributed by atoms with van der Waals surface area (Å²) in [5, 5.41) is 0. The molecule has 7 heteroatoms. The Hall–Kier alpha value is -1.86. The van der Waals surface area contributed by atoms with Gasteiger partial charge >= 0.3 is 6.09 Å². The molecule has 1 amide bonds.